The largest absolute Gasteiger partial charge is 0.457 e. The second kappa shape index (κ2) is 7.13. The summed E-state index contributed by atoms with van der Waals surface area (Å²) in [4.78, 5) is 27.2. The van der Waals surface area contributed by atoms with Gasteiger partial charge in [0.2, 0.25) is 0 Å². The van der Waals surface area contributed by atoms with Gasteiger partial charge in [-0.05, 0) is 23.6 Å². The third-order valence-corrected chi connectivity index (χ3v) is 4.06. The van der Waals surface area contributed by atoms with Crippen molar-refractivity contribution in [3.63, 3.8) is 0 Å². The summed E-state index contributed by atoms with van der Waals surface area (Å²) >= 11 is 0. The summed E-state index contributed by atoms with van der Waals surface area (Å²) < 4.78 is 5.13. The van der Waals surface area contributed by atoms with Crippen LogP contribution in [0.2, 0.25) is 0 Å². The summed E-state index contributed by atoms with van der Waals surface area (Å²) in [6.07, 6.45) is 2.87. The molecule has 1 N–H and O–H groups in total. The van der Waals surface area contributed by atoms with E-state index in [1.165, 1.54) is 5.56 Å². The molecular weight excluding hydrogens is 302 g/mol. The van der Waals surface area contributed by atoms with Crippen LogP contribution in [0.25, 0.3) is 10.9 Å². The van der Waals surface area contributed by atoms with Crippen molar-refractivity contribution in [1.82, 2.24) is 4.98 Å². The van der Waals surface area contributed by atoms with Gasteiger partial charge in [0.15, 0.2) is 12.4 Å². The third kappa shape index (κ3) is 3.54. The number of aromatic amines is 1. The first-order valence-electron chi connectivity index (χ1n) is 8.00. The molecular formula is C20H19NO3. The zero-order valence-corrected chi connectivity index (χ0v) is 13.5. The molecule has 122 valence electrons. The van der Waals surface area contributed by atoms with E-state index in [4.69, 9.17) is 4.74 Å². The minimum Gasteiger partial charge on any atom is -0.457 e. The third-order valence-electron chi connectivity index (χ3n) is 4.06. The topological polar surface area (TPSA) is 59.2 Å². The molecule has 0 atom stereocenters. The quantitative estimate of drug-likeness (QED) is 0.556. The minimum absolute atomic E-state index is 0.145. The van der Waals surface area contributed by atoms with Gasteiger partial charge in [0, 0.05) is 22.7 Å². The lowest BCUT2D eigenvalue weighted by Gasteiger charge is -2.05. The number of benzene rings is 2. The van der Waals surface area contributed by atoms with Gasteiger partial charge in [-0.1, -0.05) is 49.4 Å². The van der Waals surface area contributed by atoms with E-state index in [0.717, 1.165) is 22.9 Å². The van der Waals surface area contributed by atoms with Crippen LogP contribution in [0.5, 0.6) is 0 Å². The van der Waals surface area contributed by atoms with E-state index < -0.39 is 5.97 Å². The van der Waals surface area contributed by atoms with Crippen LogP contribution in [0.3, 0.4) is 0 Å². The minimum atomic E-state index is -0.404. The molecule has 0 aliphatic heterocycles. The number of carbonyl (C=O) groups excluding carboxylic acids is 2. The molecule has 0 saturated carbocycles. The van der Waals surface area contributed by atoms with E-state index >= 15 is 0 Å². The molecule has 1 aromatic heterocycles. The smallest absolute Gasteiger partial charge is 0.310 e. The first-order valence-corrected chi connectivity index (χ1v) is 8.00. The predicted octanol–water partition coefficient (Wildman–Crippen LogP) is 3.70. The monoisotopic (exact) mass is 321 g/mol. The van der Waals surface area contributed by atoms with E-state index in [9.17, 15) is 9.59 Å². The zero-order chi connectivity index (χ0) is 16.9. The number of para-hydroxylation sites is 1. The number of esters is 1. The molecule has 0 bridgehead atoms. The molecule has 4 nitrogen and oxygen atoms in total. The highest BCUT2D eigenvalue weighted by atomic mass is 16.5. The molecule has 0 fully saturated rings. The highest BCUT2D eigenvalue weighted by Crippen LogP contribution is 2.18. The number of ether oxygens (including phenoxy) is 1. The van der Waals surface area contributed by atoms with Crippen molar-refractivity contribution in [2.75, 3.05) is 6.61 Å². The Morgan fingerprint density at radius 2 is 1.79 bits per heavy atom. The molecule has 3 aromatic rings. The van der Waals surface area contributed by atoms with E-state index in [0.29, 0.717) is 5.56 Å². The maximum absolute atomic E-state index is 12.1. The summed E-state index contributed by atoms with van der Waals surface area (Å²) in [5.41, 5.74) is 3.58. The summed E-state index contributed by atoms with van der Waals surface area (Å²) in [7, 11) is 0. The normalized spacial score (nSPS) is 10.7. The van der Waals surface area contributed by atoms with E-state index in [2.05, 4.69) is 11.9 Å². The van der Waals surface area contributed by atoms with Crippen LogP contribution in [-0.2, 0) is 22.4 Å². The van der Waals surface area contributed by atoms with Crippen molar-refractivity contribution in [2.24, 2.45) is 0 Å². The van der Waals surface area contributed by atoms with Crippen molar-refractivity contribution in [3.8, 4) is 0 Å². The number of nitrogens with one attached hydrogen (secondary N) is 1. The van der Waals surface area contributed by atoms with E-state index in [1.54, 1.807) is 18.3 Å². The Labute approximate surface area is 140 Å². The number of aryl methyl sites for hydroxylation is 1. The summed E-state index contributed by atoms with van der Waals surface area (Å²) in [6.45, 7) is 1.83. The number of hydrogen-bond donors (Lipinski definition) is 1. The SMILES string of the molecule is CCc1ccc(C(=O)COC(=O)Cc2c[nH]c3ccccc23)cc1. The Hall–Kier alpha value is -2.88. The Kier molecular flexibility index (Phi) is 4.75. The van der Waals surface area contributed by atoms with Crippen molar-refractivity contribution in [3.05, 3.63) is 71.4 Å². The van der Waals surface area contributed by atoms with Crippen LogP contribution < -0.4 is 0 Å². The average molecular weight is 321 g/mol. The van der Waals surface area contributed by atoms with Crippen LogP contribution >= 0.6 is 0 Å². The number of ketones is 1. The van der Waals surface area contributed by atoms with Gasteiger partial charge in [-0.15, -0.1) is 0 Å². The zero-order valence-electron chi connectivity index (χ0n) is 13.5. The van der Waals surface area contributed by atoms with Gasteiger partial charge in [-0.2, -0.15) is 0 Å². The fourth-order valence-electron chi connectivity index (χ4n) is 2.64. The van der Waals surface area contributed by atoms with Gasteiger partial charge in [-0.25, -0.2) is 0 Å². The number of hydrogen-bond acceptors (Lipinski definition) is 3. The maximum atomic E-state index is 12.1. The lowest BCUT2D eigenvalue weighted by Crippen LogP contribution is -2.15. The molecule has 0 aliphatic carbocycles. The molecule has 24 heavy (non-hydrogen) atoms. The van der Waals surface area contributed by atoms with Crippen LogP contribution in [-0.4, -0.2) is 23.3 Å². The fourth-order valence-corrected chi connectivity index (χ4v) is 2.64. The Balaban J connectivity index is 1.57. The van der Waals surface area contributed by atoms with Crippen LogP contribution in [0.4, 0.5) is 0 Å². The molecule has 3 rings (SSSR count). The van der Waals surface area contributed by atoms with Crippen molar-refractivity contribution < 1.29 is 14.3 Å². The van der Waals surface area contributed by atoms with Crippen molar-refractivity contribution in [1.29, 1.82) is 0 Å². The Morgan fingerprint density at radius 1 is 1.04 bits per heavy atom. The van der Waals surface area contributed by atoms with Crippen LogP contribution in [0, 0.1) is 0 Å². The fraction of sp³-hybridized carbons (Fsp3) is 0.200. The first kappa shape index (κ1) is 16.0. The molecule has 0 aliphatic rings. The molecule has 2 aromatic carbocycles. The number of Topliss-reactive ketones (excluding diaryl/α,β-unsaturated/α-hetero) is 1. The Bertz CT molecular complexity index is 862. The lowest BCUT2D eigenvalue weighted by atomic mass is 10.1. The van der Waals surface area contributed by atoms with E-state index in [-0.39, 0.29) is 18.8 Å². The number of rotatable bonds is 6. The molecule has 4 heteroatoms. The molecule has 0 radical (unpaired) electrons. The van der Waals surface area contributed by atoms with Gasteiger partial charge in [0.1, 0.15) is 0 Å². The van der Waals surface area contributed by atoms with Crippen molar-refractivity contribution >= 4 is 22.7 Å². The first-order chi connectivity index (χ1) is 11.7. The second-order valence-electron chi connectivity index (χ2n) is 5.67. The number of carbonyl (C=O) groups is 2. The van der Waals surface area contributed by atoms with Crippen LogP contribution in [0.15, 0.2) is 54.7 Å². The summed E-state index contributed by atoms with van der Waals surface area (Å²) in [5, 5.41) is 0.996. The van der Waals surface area contributed by atoms with Gasteiger partial charge < -0.3 is 9.72 Å². The van der Waals surface area contributed by atoms with E-state index in [1.807, 2.05) is 36.4 Å². The standard InChI is InChI=1S/C20H19NO3/c1-2-14-7-9-15(10-8-14)19(22)13-24-20(23)11-16-12-21-18-6-4-3-5-17(16)18/h3-10,12,21H,2,11,13H2,1H3. The van der Waals surface area contributed by atoms with Crippen LogP contribution in [0.1, 0.15) is 28.4 Å². The number of aromatic nitrogens is 1. The summed E-state index contributed by atoms with van der Waals surface area (Å²) in [5.74, 6) is -0.594. The maximum Gasteiger partial charge on any atom is 0.310 e. The molecule has 0 unspecified atom stereocenters. The van der Waals surface area contributed by atoms with Gasteiger partial charge in [0.25, 0.3) is 0 Å². The van der Waals surface area contributed by atoms with Gasteiger partial charge >= 0.3 is 5.97 Å². The Morgan fingerprint density at radius 3 is 2.54 bits per heavy atom. The highest BCUT2D eigenvalue weighted by molar-refractivity contribution is 5.98. The molecule has 0 saturated heterocycles. The number of fused-ring (bicyclic) bond motifs is 1. The van der Waals surface area contributed by atoms with Gasteiger partial charge in [0.05, 0.1) is 6.42 Å². The number of H-pyrrole nitrogens is 1. The average Bonchev–Trinajstić information content (AvgIpc) is 3.03. The van der Waals surface area contributed by atoms with Crippen molar-refractivity contribution in [2.45, 2.75) is 19.8 Å². The molecule has 0 amide bonds. The summed E-state index contributed by atoms with van der Waals surface area (Å²) in [6, 6.07) is 15.1. The second-order valence-corrected chi connectivity index (χ2v) is 5.67. The van der Waals surface area contributed by atoms with Gasteiger partial charge in [-0.3, -0.25) is 9.59 Å². The molecule has 0 spiro atoms. The lowest BCUT2D eigenvalue weighted by molar-refractivity contribution is -0.141. The highest BCUT2D eigenvalue weighted by Gasteiger charge is 2.12. The predicted molar refractivity (Wildman–Crippen MR) is 93.1 cm³/mol. The molecule has 1 heterocycles.